The summed E-state index contributed by atoms with van der Waals surface area (Å²) >= 11 is 7.00. The number of rotatable bonds is 3. The van der Waals surface area contributed by atoms with Gasteiger partial charge in [0.25, 0.3) is 10.0 Å². The molecule has 0 unspecified atom stereocenters. The lowest BCUT2D eigenvalue weighted by Gasteiger charge is -2.39. The quantitative estimate of drug-likeness (QED) is 0.843. The van der Waals surface area contributed by atoms with Crippen LogP contribution in [0.15, 0.2) is 16.3 Å². The summed E-state index contributed by atoms with van der Waals surface area (Å²) in [4.78, 5) is 2.55. The lowest BCUT2D eigenvalue weighted by atomic mass is 10.0. The SMILES string of the molecule is O=S(=O)(c1ccc(Cl)s1)N1CCC(N2CCCCC2)CC1. The predicted molar refractivity (Wildman–Crippen MR) is 86.5 cm³/mol. The summed E-state index contributed by atoms with van der Waals surface area (Å²) in [5.74, 6) is 0. The van der Waals surface area contributed by atoms with E-state index in [2.05, 4.69) is 4.90 Å². The van der Waals surface area contributed by atoms with Crippen molar-refractivity contribution in [2.24, 2.45) is 0 Å². The third-order valence-electron chi connectivity index (χ3n) is 4.47. The normalized spacial score (nSPS) is 23.5. The van der Waals surface area contributed by atoms with Crippen LogP contribution in [-0.4, -0.2) is 49.8 Å². The van der Waals surface area contributed by atoms with Crippen molar-refractivity contribution >= 4 is 33.0 Å². The van der Waals surface area contributed by atoms with E-state index in [-0.39, 0.29) is 0 Å². The molecule has 4 nitrogen and oxygen atoms in total. The molecule has 118 valence electrons. The average molecular weight is 349 g/mol. The Hall–Kier alpha value is -0.140. The summed E-state index contributed by atoms with van der Waals surface area (Å²) in [6.07, 6.45) is 5.79. The maximum absolute atomic E-state index is 12.5. The highest BCUT2D eigenvalue weighted by Gasteiger charge is 2.32. The van der Waals surface area contributed by atoms with Gasteiger partial charge in [0.15, 0.2) is 0 Å². The Kier molecular flexibility index (Phi) is 4.90. The van der Waals surface area contributed by atoms with E-state index in [1.807, 2.05) is 0 Å². The first-order chi connectivity index (χ1) is 10.1. The number of sulfonamides is 1. The molecule has 0 N–H and O–H groups in total. The molecule has 2 aliphatic heterocycles. The van der Waals surface area contributed by atoms with Gasteiger partial charge in [-0.1, -0.05) is 18.0 Å². The molecule has 0 aliphatic carbocycles. The summed E-state index contributed by atoms with van der Waals surface area (Å²) in [5.41, 5.74) is 0. The van der Waals surface area contributed by atoms with E-state index >= 15 is 0 Å². The van der Waals surface area contributed by atoms with Crippen molar-refractivity contribution in [2.75, 3.05) is 26.2 Å². The molecule has 0 atom stereocenters. The van der Waals surface area contributed by atoms with Crippen molar-refractivity contribution in [1.29, 1.82) is 0 Å². The monoisotopic (exact) mass is 348 g/mol. The minimum absolute atomic E-state index is 0.365. The summed E-state index contributed by atoms with van der Waals surface area (Å²) < 4.78 is 27.6. The molecule has 0 aromatic carbocycles. The zero-order chi connectivity index (χ0) is 14.9. The van der Waals surface area contributed by atoms with Gasteiger partial charge in [-0.05, 0) is 50.9 Å². The molecule has 1 aromatic heterocycles. The van der Waals surface area contributed by atoms with Gasteiger partial charge in [0.2, 0.25) is 0 Å². The molecular weight excluding hydrogens is 328 g/mol. The lowest BCUT2D eigenvalue weighted by Crippen LogP contribution is -2.48. The van der Waals surface area contributed by atoms with Crippen molar-refractivity contribution in [3.8, 4) is 0 Å². The highest BCUT2D eigenvalue weighted by molar-refractivity contribution is 7.91. The van der Waals surface area contributed by atoms with E-state index in [4.69, 9.17) is 11.6 Å². The first-order valence-corrected chi connectivity index (χ1v) is 10.2. The summed E-state index contributed by atoms with van der Waals surface area (Å²) in [5, 5.41) is 0. The van der Waals surface area contributed by atoms with Crippen LogP contribution < -0.4 is 0 Å². The molecule has 3 heterocycles. The van der Waals surface area contributed by atoms with Crippen LogP contribution in [0.5, 0.6) is 0 Å². The fourth-order valence-corrected chi connectivity index (χ4v) is 6.40. The minimum atomic E-state index is -3.35. The van der Waals surface area contributed by atoms with Gasteiger partial charge in [0, 0.05) is 19.1 Å². The molecule has 2 saturated heterocycles. The van der Waals surface area contributed by atoms with E-state index in [0.29, 0.717) is 27.7 Å². The van der Waals surface area contributed by atoms with Crippen molar-refractivity contribution in [3.05, 3.63) is 16.5 Å². The first-order valence-electron chi connectivity index (χ1n) is 7.57. The third kappa shape index (κ3) is 3.45. The topological polar surface area (TPSA) is 40.6 Å². The molecule has 1 aromatic rings. The highest BCUT2D eigenvalue weighted by atomic mass is 35.5. The molecule has 2 fully saturated rings. The fraction of sp³-hybridized carbons (Fsp3) is 0.714. The van der Waals surface area contributed by atoms with Gasteiger partial charge in [-0.2, -0.15) is 4.31 Å². The zero-order valence-electron chi connectivity index (χ0n) is 12.0. The van der Waals surface area contributed by atoms with Crippen LogP contribution in [0.1, 0.15) is 32.1 Å². The Balaban J connectivity index is 1.62. The van der Waals surface area contributed by atoms with E-state index in [0.717, 1.165) is 24.2 Å². The van der Waals surface area contributed by atoms with Gasteiger partial charge in [-0.15, -0.1) is 11.3 Å². The number of piperidine rings is 2. The second-order valence-corrected chi connectivity index (χ2v) is 9.67. The van der Waals surface area contributed by atoms with Crippen LogP contribution in [-0.2, 0) is 10.0 Å². The minimum Gasteiger partial charge on any atom is -0.300 e. The Morgan fingerprint density at radius 3 is 2.29 bits per heavy atom. The molecule has 7 heteroatoms. The second kappa shape index (κ2) is 6.54. The molecule has 21 heavy (non-hydrogen) atoms. The summed E-state index contributed by atoms with van der Waals surface area (Å²) in [7, 11) is -3.35. The molecule has 0 radical (unpaired) electrons. The molecule has 0 spiro atoms. The lowest BCUT2D eigenvalue weighted by molar-refractivity contribution is 0.118. The van der Waals surface area contributed by atoms with Gasteiger partial charge in [0.05, 0.1) is 4.34 Å². The van der Waals surface area contributed by atoms with Crippen molar-refractivity contribution < 1.29 is 8.42 Å². The molecule has 0 amide bonds. The summed E-state index contributed by atoms with van der Waals surface area (Å²) in [6.45, 7) is 3.61. The number of nitrogens with zero attached hydrogens (tertiary/aromatic N) is 2. The number of halogens is 1. The van der Waals surface area contributed by atoms with Crippen LogP contribution in [0, 0.1) is 0 Å². The van der Waals surface area contributed by atoms with Gasteiger partial charge < -0.3 is 4.90 Å². The molecule has 3 rings (SSSR count). The molecule has 0 bridgehead atoms. The van der Waals surface area contributed by atoms with Crippen LogP contribution in [0.4, 0.5) is 0 Å². The Bertz CT molecular complexity index is 574. The van der Waals surface area contributed by atoms with Crippen LogP contribution in [0.2, 0.25) is 4.34 Å². The second-order valence-electron chi connectivity index (χ2n) is 5.79. The Labute approximate surface area is 135 Å². The van der Waals surface area contributed by atoms with Crippen molar-refractivity contribution in [1.82, 2.24) is 9.21 Å². The molecule has 2 aliphatic rings. The summed E-state index contributed by atoms with van der Waals surface area (Å²) in [6, 6.07) is 3.82. The largest absolute Gasteiger partial charge is 0.300 e. The van der Waals surface area contributed by atoms with Crippen LogP contribution in [0.25, 0.3) is 0 Å². The zero-order valence-corrected chi connectivity index (χ0v) is 14.4. The Morgan fingerprint density at radius 2 is 1.71 bits per heavy atom. The van der Waals surface area contributed by atoms with E-state index in [1.54, 1.807) is 16.4 Å². The van der Waals surface area contributed by atoms with Gasteiger partial charge in [0.1, 0.15) is 4.21 Å². The van der Waals surface area contributed by atoms with Crippen LogP contribution >= 0.6 is 22.9 Å². The maximum Gasteiger partial charge on any atom is 0.252 e. The van der Waals surface area contributed by atoms with Crippen molar-refractivity contribution in [2.45, 2.75) is 42.4 Å². The third-order valence-corrected chi connectivity index (χ3v) is 8.07. The smallest absolute Gasteiger partial charge is 0.252 e. The van der Waals surface area contributed by atoms with Gasteiger partial charge in [-0.3, -0.25) is 0 Å². The van der Waals surface area contributed by atoms with Crippen molar-refractivity contribution in [3.63, 3.8) is 0 Å². The number of hydrogen-bond acceptors (Lipinski definition) is 4. The molecular formula is C14H21ClN2O2S2. The number of hydrogen-bond donors (Lipinski definition) is 0. The number of likely N-dealkylation sites (tertiary alicyclic amines) is 1. The highest BCUT2D eigenvalue weighted by Crippen LogP contribution is 2.30. The van der Waals surface area contributed by atoms with Crippen LogP contribution in [0.3, 0.4) is 0 Å². The van der Waals surface area contributed by atoms with Gasteiger partial charge >= 0.3 is 0 Å². The van der Waals surface area contributed by atoms with E-state index < -0.39 is 10.0 Å². The predicted octanol–water partition coefficient (Wildman–Crippen LogP) is 3.04. The number of thiophene rings is 1. The fourth-order valence-electron chi connectivity index (χ4n) is 3.29. The Morgan fingerprint density at radius 1 is 1.05 bits per heavy atom. The first kappa shape index (κ1) is 15.7. The van der Waals surface area contributed by atoms with E-state index in [1.165, 1.54) is 32.4 Å². The van der Waals surface area contributed by atoms with E-state index in [9.17, 15) is 8.42 Å². The standard InChI is InChI=1S/C14H21ClN2O2S2/c15-13-4-5-14(20-13)21(18,19)17-10-6-12(7-11-17)16-8-2-1-3-9-16/h4-5,12H,1-3,6-11H2. The van der Waals surface area contributed by atoms with Gasteiger partial charge in [-0.25, -0.2) is 8.42 Å². The average Bonchev–Trinajstić information content (AvgIpc) is 2.96. The molecule has 0 saturated carbocycles. The maximum atomic E-state index is 12.5.